The number of ether oxygens (including phenoxy) is 2. The maximum Gasteiger partial charge on any atom is 0.411 e. The second kappa shape index (κ2) is 11.6. The Labute approximate surface area is 279 Å². The van der Waals surface area contributed by atoms with E-state index < -0.39 is 11.2 Å². The van der Waals surface area contributed by atoms with Crippen molar-refractivity contribution < 1.29 is 19.1 Å². The normalized spacial score (nSPS) is 23.1. The van der Waals surface area contributed by atoms with E-state index in [0.717, 1.165) is 77.9 Å². The van der Waals surface area contributed by atoms with E-state index in [2.05, 4.69) is 52.5 Å². The number of aromatic amines is 2. The first-order chi connectivity index (χ1) is 22.3. The van der Waals surface area contributed by atoms with E-state index >= 15 is 0 Å². The molecule has 2 aromatic carbocycles. The van der Waals surface area contributed by atoms with Crippen LogP contribution < -0.4 is 0 Å². The number of nitrogens with zero attached hydrogens (tertiary/aromatic N) is 4. The third kappa shape index (κ3) is 6.46. The van der Waals surface area contributed by atoms with Gasteiger partial charge in [0.15, 0.2) is 0 Å². The number of nitrogens with one attached hydrogen (secondary N) is 2. The summed E-state index contributed by atoms with van der Waals surface area (Å²) in [5.74, 6) is 1.73. The summed E-state index contributed by atoms with van der Waals surface area (Å²) in [5.41, 5.74) is 5.00. The van der Waals surface area contributed by atoms with E-state index in [1.807, 2.05) is 52.5 Å². The van der Waals surface area contributed by atoms with Gasteiger partial charge in [0.2, 0.25) is 0 Å². The number of fused-ring (bicyclic) bond motifs is 2. The van der Waals surface area contributed by atoms with Crippen molar-refractivity contribution in [1.29, 1.82) is 0 Å². The summed E-state index contributed by atoms with van der Waals surface area (Å²) in [6.45, 7) is 12.8. The highest BCUT2D eigenvalue weighted by molar-refractivity contribution is 8.08. The molecule has 3 unspecified atom stereocenters. The van der Waals surface area contributed by atoms with Crippen molar-refractivity contribution in [2.75, 3.05) is 13.1 Å². The lowest BCUT2D eigenvalue weighted by molar-refractivity contribution is 0.0209. The molecule has 3 saturated heterocycles. The van der Waals surface area contributed by atoms with E-state index in [1.54, 1.807) is 16.7 Å². The Hall–Kier alpha value is -3.99. The highest BCUT2D eigenvalue weighted by Crippen LogP contribution is 2.70. The quantitative estimate of drug-likeness (QED) is 0.208. The van der Waals surface area contributed by atoms with Crippen molar-refractivity contribution in [3.05, 3.63) is 65.2 Å². The molecule has 3 aliphatic heterocycles. The molecule has 0 radical (unpaired) electrons. The molecule has 4 aromatic rings. The second-order valence-electron chi connectivity index (χ2n) is 14.9. The van der Waals surface area contributed by atoms with Crippen LogP contribution in [0, 0.1) is 0 Å². The molecule has 10 nitrogen and oxygen atoms in total. The van der Waals surface area contributed by atoms with Gasteiger partial charge in [-0.3, -0.25) is 9.80 Å². The Kier molecular flexibility index (Phi) is 7.81. The van der Waals surface area contributed by atoms with Crippen LogP contribution >= 0.6 is 11.8 Å². The monoisotopic (exact) mass is 656 g/mol. The van der Waals surface area contributed by atoms with Gasteiger partial charge >= 0.3 is 12.2 Å². The molecule has 3 atom stereocenters. The molecule has 0 aliphatic carbocycles. The van der Waals surface area contributed by atoms with Crippen LogP contribution in [0.15, 0.2) is 42.5 Å². The maximum absolute atomic E-state index is 12.9. The van der Waals surface area contributed by atoms with Crippen LogP contribution in [0.4, 0.5) is 9.59 Å². The number of carbonyl (C=O) groups is 2. The van der Waals surface area contributed by atoms with Gasteiger partial charge in [0.1, 0.15) is 27.7 Å². The fourth-order valence-corrected chi connectivity index (χ4v) is 8.24. The number of hydrogen-bond acceptors (Lipinski definition) is 7. The van der Waals surface area contributed by atoms with E-state index in [9.17, 15) is 9.59 Å². The Morgan fingerprint density at radius 2 is 1.60 bits per heavy atom. The fraction of sp³-hybridized carbons (Fsp3) is 0.500. The van der Waals surface area contributed by atoms with Crippen molar-refractivity contribution in [3.8, 4) is 0 Å². The van der Waals surface area contributed by atoms with Crippen molar-refractivity contribution in [3.63, 3.8) is 0 Å². The number of carbonyl (C=O) groups excluding carboxylic acids is 2. The van der Waals surface area contributed by atoms with Gasteiger partial charge < -0.3 is 19.4 Å². The second-order valence-corrected chi connectivity index (χ2v) is 16.3. The number of likely N-dealkylation sites (tertiary alicyclic amines) is 2. The van der Waals surface area contributed by atoms with Crippen LogP contribution in [-0.2, 0) is 15.9 Å². The summed E-state index contributed by atoms with van der Waals surface area (Å²) in [6.07, 6.45) is 8.25. The molecule has 3 aliphatic rings. The first-order valence-corrected chi connectivity index (χ1v) is 17.5. The molecule has 11 heteroatoms. The van der Waals surface area contributed by atoms with Crippen LogP contribution in [-0.4, -0.2) is 71.1 Å². The lowest BCUT2D eigenvalue weighted by Crippen LogP contribution is -2.41. The summed E-state index contributed by atoms with van der Waals surface area (Å²) < 4.78 is 11.4. The standard InChI is InChI=1S/C36H44N6O4S/c1-34(2,3)45-32(43)41-18-8-12-28(41)30-37-24-15-13-22(20-26(24)39-30)10-7-11-23-14-16-25-27(21-23)40-31(38-25)29-36(47-29)17-9-19-42(36)33(44)46-35(4,5)6/h7,10,13-16,20-21,28-29H,8-9,11-12,17-19H2,1-6H3,(H,37,39)(H,38,40)/b10-7+. The van der Waals surface area contributed by atoms with E-state index in [4.69, 9.17) is 19.4 Å². The Bertz CT molecular complexity index is 1870. The minimum Gasteiger partial charge on any atom is -0.444 e. The molecule has 0 bridgehead atoms. The first kappa shape index (κ1) is 31.6. The molecule has 3 fully saturated rings. The smallest absolute Gasteiger partial charge is 0.411 e. The van der Waals surface area contributed by atoms with Crippen LogP contribution in [0.3, 0.4) is 0 Å². The number of allylic oxidation sites excluding steroid dienone is 1. The van der Waals surface area contributed by atoms with E-state index in [1.165, 1.54) is 5.56 Å². The first-order valence-electron chi connectivity index (χ1n) is 16.6. The van der Waals surface area contributed by atoms with Gasteiger partial charge in [-0.15, -0.1) is 11.8 Å². The van der Waals surface area contributed by atoms with Gasteiger partial charge in [0, 0.05) is 13.1 Å². The molecule has 248 valence electrons. The highest BCUT2D eigenvalue weighted by atomic mass is 32.2. The van der Waals surface area contributed by atoms with Crippen molar-refractivity contribution in [2.45, 2.75) is 101 Å². The molecular weight excluding hydrogens is 613 g/mol. The topological polar surface area (TPSA) is 116 Å². The lowest BCUT2D eigenvalue weighted by atomic mass is 10.1. The van der Waals surface area contributed by atoms with Crippen molar-refractivity contribution >= 4 is 52.1 Å². The number of benzene rings is 2. The number of rotatable bonds is 5. The molecule has 2 amide bonds. The Balaban J connectivity index is 1.01. The summed E-state index contributed by atoms with van der Waals surface area (Å²) in [4.78, 5) is 45.9. The van der Waals surface area contributed by atoms with Gasteiger partial charge in [0.25, 0.3) is 0 Å². The number of imidazole rings is 2. The Morgan fingerprint density at radius 3 is 2.36 bits per heavy atom. The van der Waals surface area contributed by atoms with Gasteiger partial charge in [0.05, 0.1) is 33.4 Å². The molecule has 2 aromatic heterocycles. The lowest BCUT2D eigenvalue weighted by Gasteiger charge is -2.28. The zero-order chi connectivity index (χ0) is 33.1. The number of thioether (sulfide) groups is 1. The van der Waals surface area contributed by atoms with Gasteiger partial charge in [-0.05, 0) is 109 Å². The van der Waals surface area contributed by atoms with E-state index in [0.29, 0.717) is 6.54 Å². The predicted molar refractivity (Wildman–Crippen MR) is 185 cm³/mol. The molecule has 0 saturated carbocycles. The number of aromatic nitrogens is 4. The van der Waals surface area contributed by atoms with Gasteiger partial charge in [-0.2, -0.15) is 0 Å². The minimum atomic E-state index is -0.534. The van der Waals surface area contributed by atoms with E-state index in [-0.39, 0.29) is 28.3 Å². The summed E-state index contributed by atoms with van der Waals surface area (Å²) in [7, 11) is 0. The zero-order valence-electron chi connectivity index (χ0n) is 28.1. The predicted octanol–water partition coefficient (Wildman–Crippen LogP) is 8.28. The highest BCUT2D eigenvalue weighted by Gasteiger charge is 2.65. The van der Waals surface area contributed by atoms with Crippen molar-refractivity contribution in [2.24, 2.45) is 0 Å². The molecule has 2 N–H and O–H groups in total. The fourth-order valence-electron chi connectivity index (χ4n) is 6.77. The van der Waals surface area contributed by atoms with Crippen LogP contribution in [0.5, 0.6) is 0 Å². The third-order valence-corrected chi connectivity index (χ3v) is 10.5. The molecule has 1 spiro atoms. The molecular formula is C36H44N6O4S. The summed E-state index contributed by atoms with van der Waals surface area (Å²) >= 11 is 1.80. The average Bonchev–Trinajstić information content (AvgIpc) is 3.50. The number of amides is 2. The van der Waals surface area contributed by atoms with Crippen LogP contribution in [0.2, 0.25) is 0 Å². The van der Waals surface area contributed by atoms with Gasteiger partial charge in [-0.25, -0.2) is 19.6 Å². The molecule has 5 heterocycles. The maximum atomic E-state index is 12.9. The van der Waals surface area contributed by atoms with Gasteiger partial charge in [-0.1, -0.05) is 24.3 Å². The number of hydrogen-bond donors (Lipinski definition) is 2. The van der Waals surface area contributed by atoms with Crippen LogP contribution in [0.1, 0.15) is 101 Å². The molecule has 7 rings (SSSR count). The zero-order valence-corrected chi connectivity index (χ0v) is 28.9. The SMILES string of the molecule is CC(C)(C)OC(=O)N1CCCC1c1nc2ccc(/C=C/Cc3ccc4nc(C5SC56CCCN6C(=O)OC(C)(C)C)[nH]c4c3)cc2[nH]1. The summed E-state index contributed by atoms with van der Waals surface area (Å²) in [5, 5.41) is 0.125. The summed E-state index contributed by atoms with van der Waals surface area (Å²) in [6, 6.07) is 12.4. The minimum absolute atomic E-state index is 0.111. The average molecular weight is 657 g/mol. The largest absolute Gasteiger partial charge is 0.444 e. The van der Waals surface area contributed by atoms with Crippen molar-refractivity contribution in [1.82, 2.24) is 29.7 Å². The van der Waals surface area contributed by atoms with Crippen LogP contribution in [0.25, 0.3) is 28.1 Å². The molecule has 47 heavy (non-hydrogen) atoms. The Morgan fingerprint density at radius 1 is 0.915 bits per heavy atom. The number of H-pyrrole nitrogens is 2. The third-order valence-electron chi connectivity index (χ3n) is 8.86.